The van der Waals surface area contributed by atoms with Gasteiger partial charge in [0.2, 0.25) is 0 Å². The molecule has 0 saturated heterocycles. The van der Waals surface area contributed by atoms with Gasteiger partial charge in [0.15, 0.2) is 0 Å². The highest BCUT2D eigenvalue weighted by atomic mass is 16.3. The van der Waals surface area contributed by atoms with Crippen LogP contribution in [0, 0.1) is 0 Å². The van der Waals surface area contributed by atoms with Crippen molar-refractivity contribution in [1.82, 2.24) is 5.32 Å². The normalized spacial score (nSPS) is 24.9. The van der Waals surface area contributed by atoms with Gasteiger partial charge in [-0.3, -0.25) is 0 Å². The van der Waals surface area contributed by atoms with Gasteiger partial charge in [0.25, 0.3) is 0 Å². The number of nitrogens with two attached hydrogens (primary N) is 1. The lowest BCUT2D eigenvalue weighted by atomic mass is 9.87. The van der Waals surface area contributed by atoms with Crippen LogP contribution in [0.15, 0.2) is 24.3 Å². The minimum Gasteiger partial charge on any atom is -0.508 e. The van der Waals surface area contributed by atoms with E-state index in [1.165, 1.54) is 5.56 Å². The van der Waals surface area contributed by atoms with E-state index in [9.17, 15) is 0 Å². The number of hydrogen-bond acceptors (Lipinski definition) is 3. The number of hydrogen-bond donors (Lipinski definition) is 3. The maximum absolute atomic E-state index is 9.12. The van der Waals surface area contributed by atoms with Crippen molar-refractivity contribution in [1.29, 1.82) is 0 Å². The first-order valence-electron chi connectivity index (χ1n) is 5.51. The van der Waals surface area contributed by atoms with Crippen molar-refractivity contribution in [3.05, 3.63) is 29.8 Å². The van der Waals surface area contributed by atoms with E-state index < -0.39 is 0 Å². The van der Waals surface area contributed by atoms with Gasteiger partial charge in [-0.25, -0.2) is 0 Å². The summed E-state index contributed by atoms with van der Waals surface area (Å²) in [4.78, 5) is 0. The van der Waals surface area contributed by atoms with Gasteiger partial charge in [0.05, 0.1) is 0 Å². The predicted octanol–water partition coefficient (Wildman–Crippen LogP) is 1.01. The topological polar surface area (TPSA) is 58.3 Å². The molecule has 0 aliphatic heterocycles. The standard InChI is InChI=1S/C12H18N2O/c13-10-7-11(8-10)14-6-5-9-1-3-12(15)4-2-9/h1-4,10-11,14-15H,5-8,13H2. The Morgan fingerprint density at radius 1 is 1.27 bits per heavy atom. The SMILES string of the molecule is NC1CC(NCCc2ccc(O)cc2)C1. The van der Waals surface area contributed by atoms with Crippen molar-refractivity contribution in [2.75, 3.05) is 6.54 Å². The van der Waals surface area contributed by atoms with Crippen molar-refractivity contribution in [2.45, 2.75) is 31.3 Å². The molecule has 4 N–H and O–H groups in total. The fourth-order valence-electron chi connectivity index (χ4n) is 1.91. The summed E-state index contributed by atoms with van der Waals surface area (Å²) in [5, 5.41) is 12.6. The Morgan fingerprint density at radius 2 is 1.93 bits per heavy atom. The van der Waals surface area contributed by atoms with E-state index in [0.29, 0.717) is 17.8 Å². The molecular weight excluding hydrogens is 188 g/mol. The van der Waals surface area contributed by atoms with E-state index in [1.54, 1.807) is 12.1 Å². The largest absolute Gasteiger partial charge is 0.508 e. The second-order valence-corrected chi connectivity index (χ2v) is 4.30. The summed E-state index contributed by atoms with van der Waals surface area (Å²) in [6, 6.07) is 8.42. The summed E-state index contributed by atoms with van der Waals surface area (Å²) < 4.78 is 0. The first kappa shape index (κ1) is 10.5. The molecule has 0 amide bonds. The summed E-state index contributed by atoms with van der Waals surface area (Å²) >= 11 is 0. The van der Waals surface area contributed by atoms with Gasteiger partial charge in [-0.1, -0.05) is 12.1 Å². The van der Waals surface area contributed by atoms with E-state index in [4.69, 9.17) is 10.8 Å². The molecule has 0 heterocycles. The molecule has 0 unspecified atom stereocenters. The lowest BCUT2D eigenvalue weighted by Crippen LogP contribution is -2.48. The van der Waals surface area contributed by atoms with Crippen molar-refractivity contribution in [3.63, 3.8) is 0 Å². The fourth-order valence-corrected chi connectivity index (χ4v) is 1.91. The number of nitrogens with one attached hydrogen (secondary N) is 1. The van der Waals surface area contributed by atoms with Crippen LogP contribution >= 0.6 is 0 Å². The first-order chi connectivity index (χ1) is 7.24. The molecule has 0 bridgehead atoms. The molecule has 3 nitrogen and oxygen atoms in total. The molecule has 0 atom stereocenters. The summed E-state index contributed by atoms with van der Waals surface area (Å²) in [7, 11) is 0. The number of phenols is 1. The number of rotatable bonds is 4. The Labute approximate surface area is 90.3 Å². The molecule has 2 rings (SSSR count). The van der Waals surface area contributed by atoms with E-state index in [2.05, 4.69) is 5.32 Å². The molecule has 0 spiro atoms. The van der Waals surface area contributed by atoms with Crippen molar-refractivity contribution in [3.8, 4) is 5.75 Å². The highest BCUT2D eigenvalue weighted by Crippen LogP contribution is 2.17. The summed E-state index contributed by atoms with van der Waals surface area (Å²) in [5.41, 5.74) is 6.95. The third-order valence-electron chi connectivity index (χ3n) is 2.96. The molecule has 1 aromatic carbocycles. The van der Waals surface area contributed by atoms with Crippen molar-refractivity contribution in [2.24, 2.45) is 5.73 Å². The maximum Gasteiger partial charge on any atom is 0.115 e. The van der Waals surface area contributed by atoms with Crippen LogP contribution in [0.3, 0.4) is 0 Å². The van der Waals surface area contributed by atoms with Gasteiger partial charge in [-0.05, 0) is 43.5 Å². The van der Waals surface area contributed by atoms with Crippen LogP contribution in [0.1, 0.15) is 18.4 Å². The van der Waals surface area contributed by atoms with Crippen LogP contribution in [0.5, 0.6) is 5.75 Å². The summed E-state index contributed by atoms with van der Waals surface area (Å²) in [5.74, 6) is 0.330. The molecule has 3 heteroatoms. The third-order valence-corrected chi connectivity index (χ3v) is 2.96. The number of benzene rings is 1. The van der Waals surface area contributed by atoms with Gasteiger partial charge in [0.1, 0.15) is 5.75 Å². The quantitative estimate of drug-likeness (QED) is 0.689. The number of aromatic hydroxyl groups is 1. The minimum absolute atomic E-state index is 0.330. The number of phenolic OH excluding ortho intramolecular Hbond substituents is 1. The second-order valence-electron chi connectivity index (χ2n) is 4.30. The lowest BCUT2D eigenvalue weighted by Gasteiger charge is -2.33. The monoisotopic (exact) mass is 206 g/mol. The first-order valence-corrected chi connectivity index (χ1v) is 5.51. The molecule has 15 heavy (non-hydrogen) atoms. The van der Waals surface area contributed by atoms with Crippen LogP contribution in [-0.2, 0) is 6.42 Å². The zero-order chi connectivity index (χ0) is 10.7. The molecule has 1 aliphatic carbocycles. The molecule has 1 aliphatic rings. The molecule has 0 aromatic heterocycles. The third kappa shape index (κ3) is 2.94. The van der Waals surface area contributed by atoms with Crippen LogP contribution in [0.2, 0.25) is 0 Å². The van der Waals surface area contributed by atoms with Gasteiger partial charge < -0.3 is 16.2 Å². The van der Waals surface area contributed by atoms with Gasteiger partial charge >= 0.3 is 0 Å². The van der Waals surface area contributed by atoms with Gasteiger partial charge in [-0.2, -0.15) is 0 Å². The van der Waals surface area contributed by atoms with Crippen LogP contribution in [0.25, 0.3) is 0 Å². The lowest BCUT2D eigenvalue weighted by molar-refractivity contribution is 0.294. The Kier molecular flexibility index (Phi) is 3.23. The van der Waals surface area contributed by atoms with E-state index in [1.807, 2.05) is 12.1 Å². The molecule has 82 valence electrons. The van der Waals surface area contributed by atoms with Crippen LogP contribution in [-0.4, -0.2) is 23.7 Å². The Morgan fingerprint density at radius 3 is 2.53 bits per heavy atom. The van der Waals surface area contributed by atoms with Gasteiger partial charge in [-0.15, -0.1) is 0 Å². The highest BCUT2D eigenvalue weighted by molar-refractivity contribution is 5.25. The van der Waals surface area contributed by atoms with Crippen molar-refractivity contribution >= 4 is 0 Å². The Bertz CT molecular complexity index is 304. The van der Waals surface area contributed by atoms with E-state index in [0.717, 1.165) is 25.8 Å². The van der Waals surface area contributed by atoms with Crippen LogP contribution < -0.4 is 11.1 Å². The second kappa shape index (κ2) is 4.64. The van der Waals surface area contributed by atoms with Gasteiger partial charge in [0, 0.05) is 12.1 Å². The maximum atomic E-state index is 9.12. The smallest absolute Gasteiger partial charge is 0.115 e. The molecule has 1 aromatic rings. The predicted molar refractivity (Wildman–Crippen MR) is 60.8 cm³/mol. The fraction of sp³-hybridized carbons (Fsp3) is 0.500. The summed E-state index contributed by atoms with van der Waals surface area (Å²) in [6.45, 7) is 0.988. The molecule has 1 saturated carbocycles. The van der Waals surface area contributed by atoms with Crippen molar-refractivity contribution < 1.29 is 5.11 Å². The Hall–Kier alpha value is -1.06. The average molecular weight is 206 g/mol. The van der Waals surface area contributed by atoms with Crippen LogP contribution in [0.4, 0.5) is 0 Å². The molecule has 0 radical (unpaired) electrons. The highest BCUT2D eigenvalue weighted by Gasteiger charge is 2.24. The summed E-state index contributed by atoms with van der Waals surface area (Å²) in [6.07, 6.45) is 3.22. The average Bonchev–Trinajstić information content (AvgIpc) is 2.18. The van der Waals surface area contributed by atoms with E-state index in [-0.39, 0.29) is 0 Å². The molecule has 1 fully saturated rings. The Balaban J connectivity index is 1.67. The zero-order valence-corrected chi connectivity index (χ0v) is 8.82. The molecular formula is C12H18N2O. The van der Waals surface area contributed by atoms with E-state index >= 15 is 0 Å². The minimum atomic E-state index is 0.330. The zero-order valence-electron chi connectivity index (χ0n) is 8.82.